The third-order valence-electron chi connectivity index (χ3n) is 2.86. The van der Waals surface area contributed by atoms with Gasteiger partial charge in [-0.15, -0.1) is 0 Å². The minimum Gasteiger partial charge on any atom is -0.358 e. The van der Waals surface area contributed by atoms with E-state index in [0.717, 1.165) is 0 Å². The second-order valence-corrected chi connectivity index (χ2v) is 4.29. The molecule has 0 aromatic rings. The Morgan fingerprint density at radius 1 is 1.22 bits per heavy atom. The molecule has 1 N–H and O–H groups in total. The van der Waals surface area contributed by atoms with Crippen molar-refractivity contribution in [3.05, 3.63) is 0 Å². The van der Waals surface area contributed by atoms with Crippen molar-refractivity contribution in [2.24, 2.45) is 0 Å². The second kappa shape index (κ2) is 6.33. The summed E-state index contributed by atoms with van der Waals surface area (Å²) in [7, 11) is 1.52. The van der Waals surface area contributed by atoms with Crippen LogP contribution in [-0.4, -0.2) is 74.4 Å². The Hall–Kier alpha value is -0.890. The lowest BCUT2D eigenvalue weighted by molar-refractivity contribution is -0.145. The normalized spacial score (nSPS) is 19.2. The molecular formula is C10H17F4N3O. The molecule has 0 aromatic heterocycles. The summed E-state index contributed by atoms with van der Waals surface area (Å²) in [4.78, 5) is 14.2. The van der Waals surface area contributed by atoms with Crippen LogP contribution in [-0.2, 0) is 4.79 Å². The Labute approximate surface area is 103 Å². The van der Waals surface area contributed by atoms with Crippen molar-refractivity contribution < 1.29 is 22.4 Å². The van der Waals surface area contributed by atoms with Gasteiger partial charge in [0.05, 0.1) is 13.1 Å². The van der Waals surface area contributed by atoms with Gasteiger partial charge in [-0.05, 0) is 0 Å². The van der Waals surface area contributed by atoms with Crippen LogP contribution in [0.25, 0.3) is 0 Å². The Morgan fingerprint density at radius 3 is 2.17 bits per heavy atom. The number of nitrogens with one attached hydrogen (secondary N) is 1. The van der Waals surface area contributed by atoms with Crippen molar-refractivity contribution in [1.82, 2.24) is 15.1 Å². The van der Waals surface area contributed by atoms with Gasteiger partial charge >= 0.3 is 12.3 Å². The number of carbonyl (C=O) groups is 1. The highest BCUT2D eigenvalue weighted by Crippen LogP contribution is 2.24. The number of halogens is 4. The fraction of sp³-hybridized carbons (Fsp3) is 0.900. The van der Waals surface area contributed by atoms with Gasteiger partial charge in [-0.2, -0.15) is 8.78 Å². The molecule has 1 rings (SSSR count). The van der Waals surface area contributed by atoms with E-state index in [1.165, 1.54) is 11.9 Å². The summed E-state index contributed by atoms with van der Waals surface area (Å²) < 4.78 is 49.7. The molecule has 8 heteroatoms. The summed E-state index contributed by atoms with van der Waals surface area (Å²) in [5.41, 5.74) is 0. The van der Waals surface area contributed by atoms with Crippen molar-refractivity contribution in [3.63, 3.8) is 0 Å². The maximum absolute atomic E-state index is 12.8. The molecule has 4 nitrogen and oxygen atoms in total. The van der Waals surface area contributed by atoms with E-state index in [1.54, 1.807) is 4.90 Å². The van der Waals surface area contributed by atoms with Gasteiger partial charge in [0, 0.05) is 33.2 Å². The summed E-state index contributed by atoms with van der Waals surface area (Å²) in [5, 5.41) is 2.46. The first-order chi connectivity index (χ1) is 8.35. The minimum absolute atomic E-state index is 0.152. The number of alkyl halides is 4. The highest BCUT2D eigenvalue weighted by Gasteiger charge is 2.42. The van der Waals surface area contributed by atoms with Crippen molar-refractivity contribution >= 4 is 5.91 Å². The van der Waals surface area contributed by atoms with Crippen LogP contribution in [0.15, 0.2) is 0 Å². The summed E-state index contributed by atoms with van der Waals surface area (Å²) in [6.45, 7) is 0.645. The zero-order valence-electron chi connectivity index (χ0n) is 10.1. The van der Waals surface area contributed by atoms with Crippen LogP contribution in [0.1, 0.15) is 0 Å². The van der Waals surface area contributed by atoms with Crippen LogP contribution in [0.2, 0.25) is 0 Å². The van der Waals surface area contributed by atoms with E-state index < -0.39 is 18.9 Å². The first-order valence-corrected chi connectivity index (χ1v) is 5.66. The predicted octanol–water partition coefficient (Wildman–Crippen LogP) is 0.250. The highest BCUT2D eigenvalue weighted by molar-refractivity contribution is 5.77. The van der Waals surface area contributed by atoms with Crippen LogP contribution in [0, 0.1) is 0 Å². The molecule has 1 saturated heterocycles. The van der Waals surface area contributed by atoms with Crippen molar-refractivity contribution in [1.29, 1.82) is 0 Å². The number of likely N-dealkylation sites (N-methyl/N-ethyl adjacent to an activating group) is 1. The fourth-order valence-electron chi connectivity index (χ4n) is 1.75. The average Bonchev–Trinajstić information content (AvgIpc) is 2.31. The molecule has 1 aliphatic rings. The van der Waals surface area contributed by atoms with E-state index in [-0.39, 0.29) is 25.5 Å². The van der Waals surface area contributed by atoms with Gasteiger partial charge in [-0.3, -0.25) is 14.6 Å². The summed E-state index contributed by atoms with van der Waals surface area (Å²) in [6.07, 6.45) is -3.64. The molecule has 106 valence electrons. The maximum atomic E-state index is 12.8. The largest absolute Gasteiger partial charge is 0.358 e. The number of hydrogen-bond acceptors (Lipinski definition) is 3. The standard InChI is InChI=1S/C10H17F4N3O/c1-15-8(18)6-16-2-4-17(5-3-16)7-10(13,14)9(11)12/h9H,2-7H2,1H3,(H,15,18). The van der Waals surface area contributed by atoms with Gasteiger partial charge in [-0.1, -0.05) is 0 Å². The molecule has 0 bridgehead atoms. The number of amides is 1. The van der Waals surface area contributed by atoms with E-state index in [2.05, 4.69) is 5.32 Å². The van der Waals surface area contributed by atoms with E-state index in [4.69, 9.17) is 0 Å². The van der Waals surface area contributed by atoms with Crippen molar-refractivity contribution in [2.45, 2.75) is 12.3 Å². The zero-order valence-corrected chi connectivity index (χ0v) is 10.1. The Bertz CT molecular complexity index is 280. The number of rotatable bonds is 5. The first-order valence-electron chi connectivity index (χ1n) is 5.66. The third-order valence-corrected chi connectivity index (χ3v) is 2.86. The van der Waals surface area contributed by atoms with Crippen molar-refractivity contribution in [3.8, 4) is 0 Å². The summed E-state index contributed by atoms with van der Waals surface area (Å²) >= 11 is 0. The minimum atomic E-state index is -3.97. The molecule has 1 fully saturated rings. The molecule has 0 spiro atoms. The molecule has 0 aromatic carbocycles. The molecule has 0 atom stereocenters. The van der Waals surface area contributed by atoms with E-state index in [1.807, 2.05) is 0 Å². The second-order valence-electron chi connectivity index (χ2n) is 4.29. The zero-order chi connectivity index (χ0) is 13.8. The molecule has 18 heavy (non-hydrogen) atoms. The lowest BCUT2D eigenvalue weighted by Gasteiger charge is -2.35. The van der Waals surface area contributed by atoms with E-state index in [9.17, 15) is 22.4 Å². The maximum Gasteiger partial charge on any atom is 0.319 e. The van der Waals surface area contributed by atoms with Gasteiger partial charge in [0.2, 0.25) is 5.91 Å². The average molecular weight is 271 g/mol. The van der Waals surface area contributed by atoms with Gasteiger partial charge in [0.15, 0.2) is 0 Å². The monoisotopic (exact) mass is 271 g/mol. The lowest BCUT2D eigenvalue weighted by Crippen LogP contribution is -2.52. The molecular weight excluding hydrogens is 254 g/mol. The Kier molecular flexibility index (Phi) is 5.33. The van der Waals surface area contributed by atoms with Gasteiger partial charge in [-0.25, -0.2) is 8.78 Å². The van der Waals surface area contributed by atoms with Gasteiger partial charge in [0.1, 0.15) is 0 Å². The highest BCUT2D eigenvalue weighted by atomic mass is 19.3. The fourth-order valence-corrected chi connectivity index (χ4v) is 1.75. The topological polar surface area (TPSA) is 35.6 Å². The molecule has 0 unspecified atom stereocenters. The molecule has 1 aliphatic heterocycles. The molecule has 0 radical (unpaired) electrons. The number of carbonyl (C=O) groups excluding carboxylic acids is 1. The number of piperazine rings is 1. The first kappa shape index (κ1) is 15.2. The lowest BCUT2D eigenvalue weighted by atomic mass is 10.2. The molecule has 0 aliphatic carbocycles. The van der Waals surface area contributed by atoms with Crippen LogP contribution in [0.3, 0.4) is 0 Å². The van der Waals surface area contributed by atoms with E-state index in [0.29, 0.717) is 13.1 Å². The van der Waals surface area contributed by atoms with Crippen LogP contribution >= 0.6 is 0 Å². The quantitative estimate of drug-likeness (QED) is 0.728. The van der Waals surface area contributed by atoms with Gasteiger partial charge in [0.25, 0.3) is 0 Å². The molecule has 1 amide bonds. The van der Waals surface area contributed by atoms with Crippen LogP contribution in [0.4, 0.5) is 17.6 Å². The van der Waals surface area contributed by atoms with Crippen LogP contribution < -0.4 is 5.32 Å². The Balaban J connectivity index is 2.33. The molecule has 0 saturated carbocycles. The third kappa shape index (κ3) is 4.41. The molecule has 1 heterocycles. The predicted molar refractivity (Wildman–Crippen MR) is 57.9 cm³/mol. The SMILES string of the molecule is CNC(=O)CN1CCN(CC(F)(F)C(F)F)CC1. The van der Waals surface area contributed by atoms with E-state index >= 15 is 0 Å². The summed E-state index contributed by atoms with van der Waals surface area (Å²) in [5.74, 6) is -4.12. The number of nitrogens with zero attached hydrogens (tertiary/aromatic N) is 2. The smallest absolute Gasteiger partial charge is 0.319 e. The van der Waals surface area contributed by atoms with Gasteiger partial charge < -0.3 is 5.32 Å². The summed E-state index contributed by atoms with van der Waals surface area (Å²) in [6, 6.07) is 0. The van der Waals surface area contributed by atoms with Crippen molar-refractivity contribution in [2.75, 3.05) is 46.3 Å². The van der Waals surface area contributed by atoms with Crippen LogP contribution in [0.5, 0.6) is 0 Å². The Morgan fingerprint density at radius 2 is 1.72 bits per heavy atom. The number of hydrogen-bond donors (Lipinski definition) is 1.